The highest BCUT2D eigenvalue weighted by atomic mass is 19.1. The third-order valence-electron chi connectivity index (χ3n) is 6.96. The van der Waals surface area contributed by atoms with Gasteiger partial charge in [0, 0.05) is 25.7 Å². The van der Waals surface area contributed by atoms with Crippen molar-refractivity contribution < 1.29 is 14.0 Å². The Morgan fingerprint density at radius 3 is 2.84 bits per heavy atom. The lowest BCUT2D eigenvalue weighted by molar-refractivity contribution is -0.141. The van der Waals surface area contributed by atoms with Gasteiger partial charge < -0.3 is 15.5 Å². The van der Waals surface area contributed by atoms with Gasteiger partial charge in [0.25, 0.3) is 0 Å². The zero-order valence-corrected chi connectivity index (χ0v) is 18.1. The Morgan fingerprint density at radius 1 is 1.39 bits per heavy atom. The van der Waals surface area contributed by atoms with Gasteiger partial charge in [-0.3, -0.25) is 14.5 Å². The highest BCUT2D eigenvalue weighted by Gasteiger charge is 2.51. The molecule has 0 radical (unpaired) electrons. The summed E-state index contributed by atoms with van der Waals surface area (Å²) in [6, 6.07) is 6.36. The van der Waals surface area contributed by atoms with Crippen molar-refractivity contribution in [1.82, 2.24) is 14.7 Å². The summed E-state index contributed by atoms with van der Waals surface area (Å²) in [6.45, 7) is 4.96. The van der Waals surface area contributed by atoms with E-state index in [1.165, 1.54) is 0 Å². The Hall–Kier alpha value is -2.50. The van der Waals surface area contributed by atoms with Crippen molar-refractivity contribution in [3.05, 3.63) is 34.9 Å². The molecule has 0 saturated carbocycles. The normalized spacial score (nSPS) is 27.6. The lowest BCUT2D eigenvalue weighted by Gasteiger charge is -2.38. The van der Waals surface area contributed by atoms with E-state index in [1.807, 2.05) is 41.8 Å². The number of halogens is 1. The van der Waals surface area contributed by atoms with Crippen LogP contribution in [0.2, 0.25) is 0 Å². The van der Waals surface area contributed by atoms with E-state index in [1.54, 1.807) is 4.90 Å². The number of likely N-dealkylation sites (tertiary alicyclic amines) is 3. The second kappa shape index (κ2) is 8.56. The number of carbonyl (C=O) groups excluding carboxylic acids is 2. The number of carbonyl (C=O) groups is 2. The zero-order chi connectivity index (χ0) is 22.3. The third kappa shape index (κ3) is 3.92. The van der Waals surface area contributed by atoms with E-state index < -0.39 is 18.8 Å². The molecule has 166 valence electrons. The summed E-state index contributed by atoms with van der Waals surface area (Å²) >= 11 is 0. The number of nitrogens with two attached hydrogens (primary N) is 1. The summed E-state index contributed by atoms with van der Waals surface area (Å²) in [6.07, 6.45) is 2.23. The highest BCUT2D eigenvalue weighted by Crippen LogP contribution is 2.38. The number of nitriles is 1. The maximum absolute atomic E-state index is 13.2. The van der Waals surface area contributed by atoms with Crippen LogP contribution < -0.4 is 5.73 Å². The summed E-state index contributed by atoms with van der Waals surface area (Å²) < 4.78 is 13.2. The number of piperazine rings is 1. The highest BCUT2D eigenvalue weighted by molar-refractivity contribution is 5.87. The van der Waals surface area contributed by atoms with Crippen LogP contribution in [-0.2, 0) is 16.3 Å². The number of nitrogens with zero attached hydrogens (tertiary/aromatic N) is 4. The summed E-state index contributed by atoms with van der Waals surface area (Å²) in [5, 5.41) is 9.23. The van der Waals surface area contributed by atoms with E-state index in [4.69, 9.17) is 5.73 Å². The van der Waals surface area contributed by atoms with Gasteiger partial charge in [-0.15, -0.1) is 0 Å². The predicted octanol–water partition coefficient (Wildman–Crippen LogP) is 1.65. The smallest absolute Gasteiger partial charge is 0.241 e. The van der Waals surface area contributed by atoms with Crippen molar-refractivity contribution in [3.63, 3.8) is 0 Å². The first-order valence-electron chi connectivity index (χ1n) is 11.0. The molecule has 5 atom stereocenters. The first-order valence-corrected chi connectivity index (χ1v) is 11.0. The topological polar surface area (TPSA) is 93.7 Å². The summed E-state index contributed by atoms with van der Waals surface area (Å²) in [4.78, 5) is 31.4. The van der Waals surface area contributed by atoms with Gasteiger partial charge in [-0.05, 0) is 44.2 Å². The molecular formula is C23H30FN5O2. The van der Waals surface area contributed by atoms with Crippen molar-refractivity contribution in [1.29, 1.82) is 5.26 Å². The van der Waals surface area contributed by atoms with Gasteiger partial charge >= 0.3 is 0 Å². The molecule has 0 aliphatic carbocycles. The molecular weight excluding hydrogens is 397 g/mol. The molecule has 7 nitrogen and oxygen atoms in total. The Balaban J connectivity index is 1.41. The fourth-order valence-electron chi connectivity index (χ4n) is 5.48. The minimum Gasteiger partial charge on any atom is -0.330 e. The molecule has 2 bridgehead atoms. The molecule has 31 heavy (non-hydrogen) atoms. The summed E-state index contributed by atoms with van der Waals surface area (Å²) in [5.41, 5.74) is 8.76. The lowest BCUT2D eigenvalue weighted by Crippen LogP contribution is -2.56. The van der Waals surface area contributed by atoms with E-state index >= 15 is 0 Å². The largest absolute Gasteiger partial charge is 0.330 e. The van der Waals surface area contributed by atoms with Crippen LogP contribution in [0.15, 0.2) is 18.2 Å². The van der Waals surface area contributed by atoms with Gasteiger partial charge in [-0.25, -0.2) is 4.39 Å². The van der Waals surface area contributed by atoms with Gasteiger partial charge in [0.1, 0.15) is 12.7 Å². The average molecular weight is 428 g/mol. The zero-order valence-electron chi connectivity index (χ0n) is 18.1. The van der Waals surface area contributed by atoms with Crippen LogP contribution in [-0.4, -0.2) is 70.3 Å². The van der Waals surface area contributed by atoms with Gasteiger partial charge in [-0.2, -0.15) is 5.26 Å². The second-order valence-corrected chi connectivity index (χ2v) is 9.09. The molecule has 3 fully saturated rings. The van der Waals surface area contributed by atoms with Crippen LogP contribution in [0.4, 0.5) is 4.39 Å². The van der Waals surface area contributed by atoms with Crippen LogP contribution >= 0.6 is 0 Å². The standard InChI is InChI=1S/C23H30FN5O2/c1-14-6-16(10-24)8-17(7-14)15(2)29-19-9-21(23(29)31)27(12-19)13-20(26)22(30)28-5-3-4-18(28)11-25/h6-8,15,18-21H,3-5,9-10,12-13,26H2,1-2H3/t15?,18?,19-,20?,21+/m1/s1. The van der Waals surface area contributed by atoms with E-state index in [-0.39, 0.29) is 29.9 Å². The molecule has 0 spiro atoms. The molecule has 2 amide bonds. The number of hydrogen-bond donors (Lipinski definition) is 1. The molecule has 3 unspecified atom stereocenters. The maximum atomic E-state index is 13.2. The van der Waals surface area contributed by atoms with Gasteiger partial charge in [0.05, 0.1) is 24.2 Å². The minimum absolute atomic E-state index is 0.0442. The number of rotatable bonds is 6. The summed E-state index contributed by atoms with van der Waals surface area (Å²) in [7, 11) is 0. The number of fused-ring (bicyclic) bond motifs is 2. The number of alkyl halides is 1. The second-order valence-electron chi connectivity index (χ2n) is 9.09. The predicted molar refractivity (Wildman–Crippen MR) is 113 cm³/mol. The SMILES string of the molecule is Cc1cc(CF)cc(C(C)N2C(=O)[C@@H]3C[C@@H]2CN3CC(N)C(=O)N2CCCC2C#N)c1. The first-order chi connectivity index (χ1) is 14.8. The Morgan fingerprint density at radius 2 is 2.16 bits per heavy atom. The van der Waals surface area contributed by atoms with Crippen molar-refractivity contribution in [2.24, 2.45) is 5.73 Å². The average Bonchev–Trinajstić information content (AvgIpc) is 3.46. The van der Waals surface area contributed by atoms with Crippen LogP contribution in [0.5, 0.6) is 0 Å². The Kier molecular flexibility index (Phi) is 6.00. The molecule has 2 N–H and O–H groups in total. The molecule has 3 heterocycles. The minimum atomic E-state index is -0.740. The lowest BCUT2D eigenvalue weighted by atomic mass is 10.00. The summed E-state index contributed by atoms with van der Waals surface area (Å²) in [5.74, 6) is -0.161. The monoisotopic (exact) mass is 427 g/mol. The van der Waals surface area contributed by atoms with Crippen molar-refractivity contribution in [2.45, 2.75) is 70.0 Å². The first kappa shape index (κ1) is 21.7. The molecule has 0 aromatic heterocycles. The molecule has 8 heteroatoms. The van der Waals surface area contributed by atoms with Crippen LogP contribution in [0.25, 0.3) is 0 Å². The molecule has 3 aliphatic rings. The van der Waals surface area contributed by atoms with Crippen LogP contribution in [0.3, 0.4) is 0 Å². The van der Waals surface area contributed by atoms with E-state index in [0.717, 1.165) is 24.0 Å². The van der Waals surface area contributed by atoms with Crippen LogP contribution in [0.1, 0.15) is 48.9 Å². The third-order valence-corrected chi connectivity index (χ3v) is 6.96. The molecule has 3 saturated heterocycles. The molecule has 4 rings (SSSR count). The van der Waals surface area contributed by atoms with E-state index in [9.17, 15) is 19.2 Å². The molecule has 1 aromatic rings. The number of aryl methyl sites for hydroxylation is 1. The van der Waals surface area contributed by atoms with Crippen molar-refractivity contribution >= 4 is 11.8 Å². The van der Waals surface area contributed by atoms with E-state index in [0.29, 0.717) is 31.6 Å². The van der Waals surface area contributed by atoms with Crippen molar-refractivity contribution in [2.75, 3.05) is 19.6 Å². The number of hydrogen-bond acceptors (Lipinski definition) is 5. The molecule has 1 aromatic carbocycles. The Labute approximate surface area is 182 Å². The maximum Gasteiger partial charge on any atom is 0.241 e. The van der Waals surface area contributed by atoms with Gasteiger partial charge in [0.15, 0.2) is 0 Å². The Bertz CT molecular complexity index is 916. The number of benzene rings is 1. The number of amides is 2. The van der Waals surface area contributed by atoms with Crippen LogP contribution in [0, 0.1) is 18.3 Å². The van der Waals surface area contributed by atoms with Crippen molar-refractivity contribution in [3.8, 4) is 6.07 Å². The quantitative estimate of drug-likeness (QED) is 0.745. The van der Waals surface area contributed by atoms with E-state index in [2.05, 4.69) is 6.07 Å². The fraction of sp³-hybridized carbons (Fsp3) is 0.609. The molecule has 3 aliphatic heterocycles. The van der Waals surface area contributed by atoms with Gasteiger partial charge in [0.2, 0.25) is 11.8 Å². The fourth-order valence-corrected chi connectivity index (χ4v) is 5.48. The van der Waals surface area contributed by atoms with Gasteiger partial charge in [-0.1, -0.05) is 23.8 Å².